The van der Waals surface area contributed by atoms with Crippen molar-refractivity contribution in [2.24, 2.45) is 11.8 Å². The van der Waals surface area contributed by atoms with Gasteiger partial charge in [0.1, 0.15) is 0 Å². The zero-order valence-corrected chi connectivity index (χ0v) is 9.88. The summed E-state index contributed by atoms with van der Waals surface area (Å²) < 4.78 is 5.42. The summed E-state index contributed by atoms with van der Waals surface area (Å²) in [6.07, 6.45) is 3.83. The van der Waals surface area contributed by atoms with E-state index in [9.17, 15) is 0 Å². The van der Waals surface area contributed by atoms with Gasteiger partial charge in [0, 0.05) is 19.3 Å². The summed E-state index contributed by atoms with van der Waals surface area (Å²) >= 11 is 0. The molecule has 1 N–H and O–H groups in total. The normalized spacial score (nSPS) is 26.4. The third kappa shape index (κ3) is 3.58. The Morgan fingerprint density at radius 2 is 2.21 bits per heavy atom. The van der Waals surface area contributed by atoms with Crippen molar-refractivity contribution in [3.63, 3.8) is 0 Å². The van der Waals surface area contributed by atoms with Crippen molar-refractivity contribution in [1.82, 2.24) is 5.32 Å². The Bertz CT molecular complexity index is 143. The second kappa shape index (κ2) is 6.41. The minimum absolute atomic E-state index is 0.691. The second-order valence-corrected chi connectivity index (χ2v) is 4.52. The lowest BCUT2D eigenvalue weighted by atomic mass is 9.89. The Morgan fingerprint density at radius 1 is 1.43 bits per heavy atom. The summed E-state index contributed by atoms with van der Waals surface area (Å²) in [5.74, 6) is 1.59. The van der Waals surface area contributed by atoms with Gasteiger partial charge in [-0.25, -0.2) is 0 Å². The van der Waals surface area contributed by atoms with Gasteiger partial charge in [-0.2, -0.15) is 0 Å². The summed E-state index contributed by atoms with van der Waals surface area (Å²) in [7, 11) is 0. The van der Waals surface area contributed by atoms with Crippen LogP contribution in [0.5, 0.6) is 0 Å². The molecule has 0 aromatic heterocycles. The summed E-state index contributed by atoms with van der Waals surface area (Å²) in [4.78, 5) is 0. The summed E-state index contributed by atoms with van der Waals surface area (Å²) in [5, 5.41) is 3.60. The molecule has 0 radical (unpaired) electrons. The van der Waals surface area contributed by atoms with Gasteiger partial charge >= 0.3 is 0 Å². The number of rotatable bonds is 6. The van der Waals surface area contributed by atoms with E-state index in [-0.39, 0.29) is 0 Å². The molecule has 1 rings (SSSR count). The van der Waals surface area contributed by atoms with Crippen LogP contribution in [0.2, 0.25) is 0 Å². The van der Waals surface area contributed by atoms with Crippen molar-refractivity contribution in [1.29, 1.82) is 0 Å². The van der Waals surface area contributed by atoms with Crippen LogP contribution in [0.1, 0.15) is 40.0 Å². The largest absolute Gasteiger partial charge is 0.381 e. The fourth-order valence-electron chi connectivity index (χ4n) is 2.19. The Hall–Kier alpha value is -0.0800. The maximum absolute atomic E-state index is 5.42. The van der Waals surface area contributed by atoms with E-state index in [0.717, 1.165) is 31.6 Å². The number of nitrogens with one attached hydrogen (secondary N) is 1. The Kier molecular flexibility index (Phi) is 5.49. The van der Waals surface area contributed by atoms with Crippen LogP contribution in [-0.2, 0) is 4.74 Å². The maximum atomic E-state index is 5.42. The van der Waals surface area contributed by atoms with Crippen LogP contribution in [0.25, 0.3) is 0 Å². The number of hydrogen-bond donors (Lipinski definition) is 1. The van der Waals surface area contributed by atoms with Gasteiger partial charge in [-0.05, 0) is 31.2 Å². The van der Waals surface area contributed by atoms with Gasteiger partial charge in [-0.3, -0.25) is 0 Å². The molecule has 0 aliphatic carbocycles. The quantitative estimate of drug-likeness (QED) is 0.709. The van der Waals surface area contributed by atoms with Crippen LogP contribution < -0.4 is 5.32 Å². The second-order valence-electron chi connectivity index (χ2n) is 4.52. The average molecular weight is 199 g/mol. The van der Waals surface area contributed by atoms with Gasteiger partial charge in [-0.15, -0.1) is 0 Å². The van der Waals surface area contributed by atoms with Crippen LogP contribution in [0.15, 0.2) is 0 Å². The number of hydrogen-bond acceptors (Lipinski definition) is 2. The van der Waals surface area contributed by atoms with Crippen LogP contribution in [0, 0.1) is 11.8 Å². The van der Waals surface area contributed by atoms with E-state index in [0.29, 0.717) is 6.04 Å². The maximum Gasteiger partial charge on any atom is 0.0495 e. The molecule has 2 nitrogen and oxygen atoms in total. The molecule has 0 amide bonds. The topological polar surface area (TPSA) is 21.3 Å². The van der Waals surface area contributed by atoms with Crippen molar-refractivity contribution in [3.05, 3.63) is 0 Å². The Balaban J connectivity index is 2.33. The molecule has 1 heterocycles. The molecule has 1 aliphatic heterocycles. The lowest BCUT2D eigenvalue weighted by molar-refractivity contribution is 0.178. The van der Waals surface area contributed by atoms with Gasteiger partial charge in [0.2, 0.25) is 0 Å². The highest BCUT2D eigenvalue weighted by molar-refractivity contribution is 4.77. The molecule has 0 saturated carbocycles. The predicted molar refractivity (Wildman–Crippen MR) is 60.5 cm³/mol. The van der Waals surface area contributed by atoms with E-state index in [1.54, 1.807) is 0 Å². The minimum Gasteiger partial charge on any atom is -0.381 e. The van der Waals surface area contributed by atoms with Crippen molar-refractivity contribution in [2.75, 3.05) is 19.8 Å². The fraction of sp³-hybridized carbons (Fsp3) is 1.00. The first-order chi connectivity index (χ1) is 6.77. The van der Waals surface area contributed by atoms with Crippen molar-refractivity contribution in [3.8, 4) is 0 Å². The predicted octanol–water partition coefficient (Wildman–Crippen LogP) is 2.44. The Morgan fingerprint density at radius 3 is 2.71 bits per heavy atom. The summed E-state index contributed by atoms with van der Waals surface area (Å²) in [6.45, 7) is 9.87. The SMILES string of the molecule is CCNC(CC1CCOC1)C(C)CC. The minimum atomic E-state index is 0.691. The van der Waals surface area contributed by atoms with Crippen LogP contribution in [0.4, 0.5) is 0 Å². The Labute approximate surface area is 88.4 Å². The molecule has 2 heteroatoms. The van der Waals surface area contributed by atoms with E-state index < -0.39 is 0 Å². The van der Waals surface area contributed by atoms with E-state index in [1.807, 2.05) is 0 Å². The van der Waals surface area contributed by atoms with Gasteiger partial charge in [0.25, 0.3) is 0 Å². The highest BCUT2D eigenvalue weighted by Gasteiger charge is 2.22. The summed E-state index contributed by atoms with van der Waals surface area (Å²) in [6, 6.07) is 0.691. The molecule has 0 aromatic rings. The van der Waals surface area contributed by atoms with E-state index in [1.165, 1.54) is 19.3 Å². The van der Waals surface area contributed by atoms with Gasteiger partial charge < -0.3 is 10.1 Å². The zero-order chi connectivity index (χ0) is 10.4. The molecule has 0 spiro atoms. The van der Waals surface area contributed by atoms with Gasteiger partial charge in [-0.1, -0.05) is 27.2 Å². The molecule has 0 aromatic carbocycles. The lowest BCUT2D eigenvalue weighted by Gasteiger charge is -2.26. The van der Waals surface area contributed by atoms with Gasteiger partial charge in [0.15, 0.2) is 0 Å². The van der Waals surface area contributed by atoms with Crippen molar-refractivity contribution >= 4 is 0 Å². The lowest BCUT2D eigenvalue weighted by Crippen LogP contribution is -2.36. The monoisotopic (exact) mass is 199 g/mol. The molecular formula is C12H25NO. The molecule has 0 bridgehead atoms. The molecular weight excluding hydrogens is 174 g/mol. The molecule has 3 unspecified atom stereocenters. The standard InChI is InChI=1S/C12H25NO/c1-4-10(3)12(13-5-2)8-11-6-7-14-9-11/h10-13H,4-9H2,1-3H3. The van der Waals surface area contributed by atoms with Crippen molar-refractivity contribution < 1.29 is 4.74 Å². The highest BCUT2D eigenvalue weighted by atomic mass is 16.5. The first kappa shape index (κ1) is 12.0. The van der Waals surface area contributed by atoms with E-state index in [2.05, 4.69) is 26.1 Å². The smallest absolute Gasteiger partial charge is 0.0495 e. The first-order valence-electron chi connectivity index (χ1n) is 6.09. The molecule has 14 heavy (non-hydrogen) atoms. The molecule has 1 saturated heterocycles. The molecule has 1 aliphatic rings. The fourth-order valence-corrected chi connectivity index (χ4v) is 2.19. The summed E-state index contributed by atoms with van der Waals surface area (Å²) in [5.41, 5.74) is 0. The first-order valence-corrected chi connectivity index (χ1v) is 6.09. The molecule has 84 valence electrons. The third-order valence-electron chi connectivity index (χ3n) is 3.41. The van der Waals surface area contributed by atoms with Crippen LogP contribution in [0.3, 0.4) is 0 Å². The van der Waals surface area contributed by atoms with Crippen LogP contribution >= 0.6 is 0 Å². The van der Waals surface area contributed by atoms with Gasteiger partial charge in [0.05, 0.1) is 0 Å². The van der Waals surface area contributed by atoms with E-state index >= 15 is 0 Å². The highest BCUT2D eigenvalue weighted by Crippen LogP contribution is 2.22. The van der Waals surface area contributed by atoms with Crippen molar-refractivity contribution in [2.45, 2.75) is 46.1 Å². The third-order valence-corrected chi connectivity index (χ3v) is 3.41. The zero-order valence-electron chi connectivity index (χ0n) is 9.88. The number of ether oxygens (including phenoxy) is 1. The average Bonchev–Trinajstić information content (AvgIpc) is 2.68. The van der Waals surface area contributed by atoms with Crippen LogP contribution in [-0.4, -0.2) is 25.8 Å². The molecule has 3 atom stereocenters. The van der Waals surface area contributed by atoms with E-state index in [4.69, 9.17) is 4.74 Å². The molecule has 1 fully saturated rings.